The number of nitrogens with zero attached hydrogens (tertiary/aromatic N) is 3. The van der Waals surface area contributed by atoms with Crippen LogP contribution in [-0.2, 0) is 11.3 Å². The van der Waals surface area contributed by atoms with E-state index in [4.69, 9.17) is 20.9 Å². The molecule has 7 heteroatoms. The normalized spacial score (nSPS) is 11.8. The largest absolute Gasteiger partial charge is 0.481 e. The molecule has 0 aliphatic heterocycles. The lowest BCUT2D eigenvalue weighted by Crippen LogP contribution is -2.39. The monoisotopic (exact) mass is 385 g/mol. The molecule has 0 radical (unpaired) electrons. The first kappa shape index (κ1) is 18.9. The molecule has 1 amide bonds. The van der Waals surface area contributed by atoms with Crippen LogP contribution in [0.1, 0.15) is 19.2 Å². The minimum absolute atomic E-state index is 0.170. The van der Waals surface area contributed by atoms with Crippen molar-refractivity contribution in [1.29, 1.82) is 0 Å². The molecule has 0 bridgehead atoms. The van der Waals surface area contributed by atoms with Gasteiger partial charge in [-0.05, 0) is 24.6 Å². The first-order valence-corrected chi connectivity index (χ1v) is 9.00. The van der Waals surface area contributed by atoms with Crippen LogP contribution in [0.3, 0.4) is 0 Å². The quantitative estimate of drug-likeness (QED) is 0.609. The van der Waals surface area contributed by atoms with Gasteiger partial charge >= 0.3 is 0 Å². The maximum atomic E-state index is 12.7. The predicted molar refractivity (Wildman–Crippen MR) is 102 cm³/mol. The van der Waals surface area contributed by atoms with Crippen molar-refractivity contribution < 1.29 is 14.1 Å². The number of aromatic nitrogens is 2. The van der Waals surface area contributed by atoms with Gasteiger partial charge in [0.1, 0.15) is 5.75 Å². The van der Waals surface area contributed by atoms with Crippen LogP contribution in [0.2, 0.25) is 5.02 Å². The van der Waals surface area contributed by atoms with Gasteiger partial charge in [-0.1, -0.05) is 60.1 Å². The van der Waals surface area contributed by atoms with Gasteiger partial charge < -0.3 is 14.2 Å². The van der Waals surface area contributed by atoms with Crippen molar-refractivity contribution in [2.24, 2.45) is 0 Å². The van der Waals surface area contributed by atoms with Crippen molar-refractivity contribution in [2.75, 3.05) is 7.05 Å². The number of carbonyl (C=O) groups excluding carboxylic acids is 1. The Bertz CT molecular complexity index is 898. The second kappa shape index (κ2) is 8.68. The molecular weight excluding hydrogens is 366 g/mol. The molecule has 3 rings (SSSR count). The SMILES string of the molecule is CCC(Oc1cccc(Cl)c1)C(=O)N(C)Cc1nc(-c2ccccc2)no1. The fourth-order valence-corrected chi connectivity index (χ4v) is 2.74. The molecule has 140 valence electrons. The lowest BCUT2D eigenvalue weighted by Gasteiger charge is -2.22. The number of carbonyl (C=O) groups is 1. The first-order valence-electron chi connectivity index (χ1n) is 8.62. The number of halogens is 1. The molecule has 6 nitrogen and oxygen atoms in total. The van der Waals surface area contributed by atoms with Gasteiger partial charge in [-0.3, -0.25) is 4.79 Å². The molecule has 27 heavy (non-hydrogen) atoms. The maximum absolute atomic E-state index is 12.7. The Labute approximate surface area is 162 Å². The van der Waals surface area contributed by atoms with Crippen molar-refractivity contribution in [2.45, 2.75) is 26.0 Å². The van der Waals surface area contributed by atoms with Crippen molar-refractivity contribution in [3.63, 3.8) is 0 Å². The average Bonchev–Trinajstić information content (AvgIpc) is 3.15. The number of rotatable bonds is 7. The van der Waals surface area contributed by atoms with E-state index in [0.29, 0.717) is 28.9 Å². The zero-order chi connectivity index (χ0) is 19.2. The number of hydrogen-bond donors (Lipinski definition) is 0. The molecule has 1 unspecified atom stereocenters. The maximum Gasteiger partial charge on any atom is 0.263 e. The molecule has 3 aromatic rings. The Morgan fingerprint density at radius 1 is 1.22 bits per heavy atom. The molecule has 0 spiro atoms. The third kappa shape index (κ3) is 4.86. The molecule has 0 aliphatic rings. The Hall–Kier alpha value is -2.86. The first-order chi connectivity index (χ1) is 13.1. The zero-order valence-electron chi connectivity index (χ0n) is 15.1. The molecule has 1 aromatic heterocycles. The van der Waals surface area contributed by atoms with Gasteiger partial charge in [0.15, 0.2) is 6.10 Å². The van der Waals surface area contributed by atoms with Gasteiger partial charge in [0.05, 0.1) is 6.54 Å². The van der Waals surface area contributed by atoms with Crippen LogP contribution >= 0.6 is 11.6 Å². The zero-order valence-corrected chi connectivity index (χ0v) is 15.9. The van der Waals surface area contributed by atoms with E-state index >= 15 is 0 Å². The summed E-state index contributed by atoms with van der Waals surface area (Å²) in [6.07, 6.45) is -0.0978. The fourth-order valence-electron chi connectivity index (χ4n) is 2.56. The summed E-state index contributed by atoms with van der Waals surface area (Å²) in [5, 5.41) is 4.53. The van der Waals surface area contributed by atoms with Crippen molar-refractivity contribution in [3.8, 4) is 17.1 Å². The number of benzene rings is 2. The van der Waals surface area contributed by atoms with E-state index in [-0.39, 0.29) is 12.5 Å². The van der Waals surface area contributed by atoms with Crippen LogP contribution in [0.4, 0.5) is 0 Å². The Morgan fingerprint density at radius 3 is 2.70 bits per heavy atom. The summed E-state index contributed by atoms with van der Waals surface area (Å²) < 4.78 is 11.1. The number of amides is 1. The summed E-state index contributed by atoms with van der Waals surface area (Å²) >= 11 is 5.97. The number of ether oxygens (including phenoxy) is 1. The highest BCUT2D eigenvalue weighted by molar-refractivity contribution is 6.30. The minimum atomic E-state index is -0.620. The van der Waals surface area contributed by atoms with Gasteiger partial charge in [-0.15, -0.1) is 0 Å². The second-order valence-electron chi connectivity index (χ2n) is 6.04. The molecule has 0 aliphatic carbocycles. The second-order valence-corrected chi connectivity index (χ2v) is 6.48. The van der Waals surface area contributed by atoms with Gasteiger partial charge in [0.25, 0.3) is 5.91 Å². The van der Waals surface area contributed by atoms with Crippen LogP contribution in [0.5, 0.6) is 5.75 Å². The van der Waals surface area contributed by atoms with Gasteiger partial charge in [-0.25, -0.2) is 0 Å². The average molecular weight is 386 g/mol. The van der Waals surface area contributed by atoms with E-state index in [1.807, 2.05) is 37.3 Å². The standard InChI is InChI=1S/C20H20ClN3O3/c1-3-17(26-16-11-7-10-15(21)12-16)20(25)24(2)13-18-22-19(23-27-18)14-8-5-4-6-9-14/h4-12,17H,3,13H2,1-2H3. The van der Waals surface area contributed by atoms with E-state index in [2.05, 4.69) is 10.1 Å². The van der Waals surface area contributed by atoms with E-state index in [9.17, 15) is 4.79 Å². The molecular formula is C20H20ClN3O3. The third-order valence-corrected chi connectivity index (χ3v) is 4.20. The molecule has 1 heterocycles. The number of likely N-dealkylation sites (N-methyl/N-ethyl adjacent to an activating group) is 1. The van der Waals surface area contributed by atoms with E-state index < -0.39 is 6.10 Å². The molecule has 0 N–H and O–H groups in total. The smallest absolute Gasteiger partial charge is 0.263 e. The summed E-state index contributed by atoms with van der Waals surface area (Å²) in [5.41, 5.74) is 0.859. The lowest BCUT2D eigenvalue weighted by molar-refractivity contribution is -0.138. The molecule has 0 fully saturated rings. The minimum Gasteiger partial charge on any atom is -0.481 e. The summed E-state index contributed by atoms with van der Waals surface area (Å²) in [4.78, 5) is 18.6. The molecule has 2 aromatic carbocycles. The molecule has 0 saturated heterocycles. The van der Waals surface area contributed by atoms with Crippen LogP contribution in [-0.4, -0.2) is 34.1 Å². The van der Waals surface area contributed by atoms with Crippen molar-refractivity contribution >= 4 is 17.5 Å². The highest BCUT2D eigenvalue weighted by atomic mass is 35.5. The van der Waals surface area contributed by atoms with Gasteiger partial charge in [-0.2, -0.15) is 4.98 Å². The highest BCUT2D eigenvalue weighted by Gasteiger charge is 2.24. The topological polar surface area (TPSA) is 68.5 Å². The predicted octanol–water partition coefficient (Wildman–Crippen LogP) is 4.21. The summed E-state index contributed by atoms with van der Waals surface area (Å²) in [6, 6.07) is 16.5. The highest BCUT2D eigenvalue weighted by Crippen LogP contribution is 2.20. The van der Waals surface area contributed by atoms with Crippen molar-refractivity contribution in [3.05, 3.63) is 65.5 Å². The van der Waals surface area contributed by atoms with Crippen LogP contribution < -0.4 is 4.74 Å². The molecule has 1 atom stereocenters. The van der Waals surface area contributed by atoms with Crippen LogP contribution in [0, 0.1) is 0 Å². The summed E-state index contributed by atoms with van der Waals surface area (Å²) in [5.74, 6) is 1.24. The van der Waals surface area contributed by atoms with E-state index in [1.165, 1.54) is 4.90 Å². The van der Waals surface area contributed by atoms with Crippen LogP contribution in [0.15, 0.2) is 59.1 Å². The Morgan fingerprint density at radius 2 is 2.00 bits per heavy atom. The fraction of sp³-hybridized carbons (Fsp3) is 0.250. The Balaban J connectivity index is 1.65. The van der Waals surface area contributed by atoms with E-state index in [0.717, 1.165) is 5.56 Å². The summed E-state index contributed by atoms with van der Waals surface area (Å²) in [6.45, 7) is 2.09. The third-order valence-electron chi connectivity index (χ3n) is 3.97. The summed E-state index contributed by atoms with van der Waals surface area (Å²) in [7, 11) is 1.68. The number of hydrogen-bond acceptors (Lipinski definition) is 5. The molecule has 0 saturated carbocycles. The van der Waals surface area contributed by atoms with Crippen LogP contribution in [0.25, 0.3) is 11.4 Å². The van der Waals surface area contributed by atoms with Gasteiger partial charge in [0, 0.05) is 17.6 Å². The van der Waals surface area contributed by atoms with Gasteiger partial charge in [0.2, 0.25) is 11.7 Å². The van der Waals surface area contributed by atoms with E-state index in [1.54, 1.807) is 31.3 Å². The lowest BCUT2D eigenvalue weighted by atomic mass is 10.2. The van der Waals surface area contributed by atoms with Crippen molar-refractivity contribution in [1.82, 2.24) is 15.0 Å². The Kier molecular flexibility index (Phi) is 6.08.